The molecule has 0 aliphatic carbocycles. The van der Waals surface area contributed by atoms with Crippen LogP contribution in [0.2, 0.25) is 0 Å². The molecular weight excluding hydrogens is 498 g/mol. The average molecular weight is 525 g/mol. The smallest absolute Gasteiger partial charge is 0.350 e. The number of nitrogen functional groups attached to an aromatic ring is 1. The molecule has 3 aromatic rings. The highest BCUT2D eigenvalue weighted by Crippen LogP contribution is 2.41. The van der Waals surface area contributed by atoms with Crippen LogP contribution in [0.1, 0.15) is 41.9 Å². The number of ether oxygens (including phenoxy) is 2. The van der Waals surface area contributed by atoms with Crippen LogP contribution in [-0.2, 0) is 6.42 Å². The van der Waals surface area contributed by atoms with Crippen molar-refractivity contribution in [2.75, 3.05) is 19.0 Å². The number of aromatic amines is 1. The normalized spacial score (nSPS) is 14.1. The first-order valence-corrected chi connectivity index (χ1v) is 11.6. The molecule has 0 amide bonds. The zero-order valence-corrected chi connectivity index (χ0v) is 20.7. The molecule has 11 nitrogen and oxygen atoms in total. The van der Waals surface area contributed by atoms with Gasteiger partial charge in [0.15, 0.2) is 17.3 Å². The van der Waals surface area contributed by atoms with E-state index in [1.54, 1.807) is 13.0 Å². The molecule has 13 heteroatoms. The van der Waals surface area contributed by atoms with E-state index in [1.807, 2.05) is 0 Å². The van der Waals surface area contributed by atoms with E-state index in [2.05, 4.69) is 32.1 Å². The standard InChI is InChI=1S/C25H26F2N8O3/c1-4-9-31-24(30-2)35-25(36)33-23(34-35)20(32-13-7-8-14(22(28)29)17(26)11-13)16-12-18(37-3)21-15(19(16)27)6-5-10-38-21/h4,7-9,11-12,20,32H,2,5-6,10H2,1,3H3,(H3,28,29)(H,33,34,36)/b9-4-,31-24?. The number of allylic oxidation sites excluding steroid dienone is 1. The van der Waals surface area contributed by atoms with Gasteiger partial charge in [0.1, 0.15) is 23.5 Å². The Morgan fingerprint density at radius 1 is 1.42 bits per heavy atom. The number of hydrogen-bond donors (Lipinski definition) is 4. The minimum atomic E-state index is -1.12. The summed E-state index contributed by atoms with van der Waals surface area (Å²) in [6.45, 7) is 5.58. The van der Waals surface area contributed by atoms with Gasteiger partial charge in [-0.05, 0) is 50.7 Å². The number of hydrogen-bond acceptors (Lipinski definition) is 7. The summed E-state index contributed by atoms with van der Waals surface area (Å²) in [5.74, 6) is -1.29. The molecule has 5 N–H and O–H groups in total. The van der Waals surface area contributed by atoms with Crippen molar-refractivity contribution in [2.45, 2.75) is 25.8 Å². The molecule has 1 atom stereocenters. The van der Waals surface area contributed by atoms with Crippen LogP contribution in [0, 0.1) is 17.0 Å². The Balaban J connectivity index is 1.89. The van der Waals surface area contributed by atoms with Gasteiger partial charge in [0.2, 0.25) is 0 Å². The first kappa shape index (κ1) is 26.3. The van der Waals surface area contributed by atoms with Gasteiger partial charge >= 0.3 is 5.69 Å². The first-order valence-electron chi connectivity index (χ1n) is 11.6. The van der Waals surface area contributed by atoms with E-state index in [0.29, 0.717) is 36.5 Å². The predicted octanol–water partition coefficient (Wildman–Crippen LogP) is 3.11. The fourth-order valence-corrected chi connectivity index (χ4v) is 4.05. The Morgan fingerprint density at radius 2 is 2.21 bits per heavy atom. The average Bonchev–Trinajstić information content (AvgIpc) is 3.29. The van der Waals surface area contributed by atoms with Gasteiger partial charge in [-0.15, -0.1) is 9.78 Å². The van der Waals surface area contributed by atoms with Crippen LogP contribution < -0.4 is 26.2 Å². The third-order valence-corrected chi connectivity index (χ3v) is 5.80. The zero-order valence-electron chi connectivity index (χ0n) is 20.7. The number of benzene rings is 2. The molecule has 4 rings (SSSR count). The molecule has 1 aliphatic heterocycles. The summed E-state index contributed by atoms with van der Waals surface area (Å²) in [4.78, 5) is 23.2. The molecule has 1 unspecified atom stereocenters. The number of nitrogens with one attached hydrogen (secondary N) is 3. The van der Waals surface area contributed by atoms with Crippen LogP contribution in [0.5, 0.6) is 11.5 Å². The largest absolute Gasteiger partial charge is 0.493 e. The maximum atomic E-state index is 16.0. The summed E-state index contributed by atoms with van der Waals surface area (Å²) in [5, 5.41) is 14.8. The molecule has 198 valence electrons. The van der Waals surface area contributed by atoms with Crippen molar-refractivity contribution in [3.8, 4) is 11.5 Å². The molecule has 0 spiro atoms. The Hall–Kier alpha value is -4.81. The quantitative estimate of drug-likeness (QED) is 0.275. The number of nitrogens with zero attached hydrogens (tertiary/aromatic N) is 4. The van der Waals surface area contributed by atoms with Gasteiger partial charge < -0.3 is 20.5 Å². The summed E-state index contributed by atoms with van der Waals surface area (Å²) < 4.78 is 42.6. The van der Waals surface area contributed by atoms with Gasteiger partial charge in [0.25, 0.3) is 5.96 Å². The van der Waals surface area contributed by atoms with Gasteiger partial charge in [-0.1, -0.05) is 6.08 Å². The number of H-pyrrole nitrogens is 1. The van der Waals surface area contributed by atoms with E-state index in [1.165, 1.54) is 31.5 Å². The molecule has 0 bridgehead atoms. The summed E-state index contributed by atoms with van der Waals surface area (Å²) in [6, 6.07) is 4.22. The summed E-state index contributed by atoms with van der Waals surface area (Å²) in [5.41, 5.74) is 5.24. The molecule has 38 heavy (non-hydrogen) atoms. The van der Waals surface area contributed by atoms with Gasteiger partial charge in [0.05, 0.1) is 19.3 Å². The maximum absolute atomic E-state index is 16.0. The predicted molar refractivity (Wildman–Crippen MR) is 140 cm³/mol. The highest BCUT2D eigenvalue weighted by atomic mass is 19.1. The maximum Gasteiger partial charge on any atom is 0.350 e. The number of fused-ring (bicyclic) bond motifs is 1. The summed E-state index contributed by atoms with van der Waals surface area (Å²) >= 11 is 0. The lowest BCUT2D eigenvalue weighted by Gasteiger charge is -2.25. The van der Waals surface area contributed by atoms with Gasteiger partial charge in [0, 0.05) is 23.0 Å². The summed E-state index contributed by atoms with van der Waals surface area (Å²) in [6.07, 6.45) is 4.05. The van der Waals surface area contributed by atoms with Crippen molar-refractivity contribution >= 4 is 24.2 Å². The van der Waals surface area contributed by atoms with Gasteiger partial charge in [-0.2, -0.15) is 0 Å². The molecular formula is C25H26F2N8O3. The minimum absolute atomic E-state index is 0.0134. The van der Waals surface area contributed by atoms with Crippen molar-refractivity contribution in [1.82, 2.24) is 14.8 Å². The lowest BCUT2D eigenvalue weighted by atomic mass is 9.96. The first-order chi connectivity index (χ1) is 18.3. The number of amidine groups is 1. The number of methoxy groups -OCH3 is 1. The van der Waals surface area contributed by atoms with Gasteiger partial charge in [-0.3, -0.25) is 10.4 Å². The molecule has 0 radical (unpaired) electrons. The molecule has 2 aromatic carbocycles. The van der Waals surface area contributed by atoms with Crippen LogP contribution in [-0.4, -0.2) is 47.0 Å². The van der Waals surface area contributed by atoms with Crippen LogP contribution in [0.3, 0.4) is 0 Å². The lowest BCUT2D eigenvalue weighted by molar-refractivity contribution is 0.264. The highest BCUT2D eigenvalue weighted by molar-refractivity contribution is 5.95. The van der Waals surface area contributed by atoms with Gasteiger partial charge in [-0.25, -0.2) is 23.6 Å². The van der Waals surface area contributed by atoms with Crippen molar-refractivity contribution in [1.29, 1.82) is 5.41 Å². The molecule has 0 saturated carbocycles. The zero-order chi connectivity index (χ0) is 27.4. The Morgan fingerprint density at radius 3 is 2.87 bits per heavy atom. The fourth-order valence-electron chi connectivity index (χ4n) is 4.05. The van der Waals surface area contributed by atoms with E-state index in [0.717, 1.165) is 10.7 Å². The van der Waals surface area contributed by atoms with Crippen LogP contribution in [0.15, 0.2) is 51.3 Å². The van der Waals surface area contributed by atoms with Crippen molar-refractivity contribution in [2.24, 2.45) is 15.7 Å². The van der Waals surface area contributed by atoms with E-state index < -0.39 is 29.2 Å². The number of aliphatic imine (C=N–C) groups is 2. The Labute approximate surface area is 216 Å². The topological polar surface area (TPSA) is 156 Å². The second kappa shape index (κ2) is 11.1. The Bertz CT molecular complexity index is 1510. The van der Waals surface area contributed by atoms with E-state index in [4.69, 9.17) is 20.6 Å². The van der Waals surface area contributed by atoms with Crippen molar-refractivity contribution < 1.29 is 18.3 Å². The Kier molecular flexibility index (Phi) is 7.65. The minimum Gasteiger partial charge on any atom is -0.493 e. The van der Waals surface area contributed by atoms with E-state index in [-0.39, 0.29) is 28.6 Å². The molecule has 0 saturated heterocycles. The highest BCUT2D eigenvalue weighted by Gasteiger charge is 2.30. The van der Waals surface area contributed by atoms with Crippen LogP contribution in [0.25, 0.3) is 0 Å². The third kappa shape index (κ3) is 5.03. The number of aromatic nitrogens is 3. The molecule has 1 aliphatic rings. The number of anilines is 1. The van der Waals surface area contributed by atoms with Crippen molar-refractivity contribution in [3.05, 3.63) is 81.2 Å². The third-order valence-electron chi connectivity index (χ3n) is 5.80. The second-order valence-corrected chi connectivity index (χ2v) is 8.22. The second-order valence-electron chi connectivity index (χ2n) is 8.22. The van der Waals surface area contributed by atoms with E-state index >= 15 is 4.39 Å². The van der Waals surface area contributed by atoms with Crippen molar-refractivity contribution in [3.63, 3.8) is 0 Å². The number of nitrogens with two attached hydrogens (primary N) is 1. The number of halogens is 2. The van der Waals surface area contributed by atoms with Crippen LogP contribution >= 0.6 is 0 Å². The SMILES string of the molecule is C=NC(=N/C=C\C)n1nc(C(Nc2ccc(C(=N)N)c(F)c2)c2cc(OC)c3c(c2F)CCCO3)[nH]c1=O. The van der Waals surface area contributed by atoms with E-state index in [9.17, 15) is 9.18 Å². The molecule has 1 aromatic heterocycles. The lowest BCUT2D eigenvalue weighted by Crippen LogP contribution is -2.24. The number of rotatable bonds is 7. The molecule has 2 heterocycles. The fraction of sp³-hybridized carbons (Fsp3) is 0.240. The monoisotopic (exact) mass is 524 g/mol. The van der Waals surface area contributed by atoms with Crippen LogP contribution in [0.4, 0.5) is 14.5 Å². The molecule has 0 fully saturated rings. The summed E-state index contributed by atoms with van der Waals surface area (Å²) in [7, 11) is 1.43.